The molecule has 0 spiro atoms. The smallest absolute Gasteiger partial charge is 0.234 e. The third kappa shape index (κ3) is 2.22. The number of imidazole rings is 1. The quantitative estimate of drug-likeness (QED) is 0.808. The number of nitriles is 1. The Hall–Kier alpha value is -1.74. The van der Waals surface area contributed by atoms with Crippen LogP contribution in [-0.4, -0.2) is 20.5 Å². The van der Waals surface area contributed by atoms with Crippen molar-refractivity contribution in [1.82, 2.24) is 14.6 Å². The fourth-order valence-corrected chi connectivity index (χ4v) is 2.88. The zero-order valence-corrected chi connectivity index (χ0v) is 11.2. The van der Waals surface area contributed by atoms with Crippen molar-refractivity contribution >= 4 is 17.2 Å². The van der Waals surface area contributed by atoms with Gasteiger partial charge in [0.15, 0.2) is 16.5 Å². The van der Waals surface area contributed by atoms with E-state index in [1.54, 1.807) is 6.07 Å². The van der Waals surface area contributed by atoms with Gasteiger partial charge in [-0.1, -0.05) is 11.6 Å². The molecule has 0 unspecified atom stereocenters. The summed E-state index contributed by atoms with van der Waals surface area (Å²) in [5, 5.41) is 13.3. The van der Waals surface area contributed by atoms with E-state index in [0.717, 1.165) is 5.56 Å². The first-order chi connectivity index (χ1) is 9.50. The standard InChI is InChI=1S/C13H11ClF2N4/c14-11-5-10(8-1-3-13(15,16)4-2-8)12-18-7-9(6-17)20(12)19-11/h5,7-8H,1-4H2. The molecule has 1 aliphatic carbocycles. The van der Waals surface area contributed by atoms with Gasteiger partial charge in [0.05, 0.1) is 6.20 Å². The van der Waals surface area contributed by atoms with Crippen LogP contribution in [0.5, 0.6) is 0 Å². The molecule has 3 rings (SSSR count). The molecule has 2 heterocycles. The van der Waals surface area contributed by atoms with Gasteiger partial charge in [-0.2, -0.15) is 10.4 Å². The molecular formula is C13H11ClF2N4. The van der Waals surface area contributed by atoms with E-state index in [-0.39, 0.29) is 29.6 Å². The Kier molecular flexibility index (Phi) is 3.09. The van der Waals surface area contributed by atoms with E-state index in [2.05, 4.69) is 10.1 Å². The normalized spacial score (nSPS) is 19.1. The first kappa shape index (κ1) is 13.3. The Morgan fingerprint density at radius 2 is 2.10 bits per heavy atom. The molecule has 0 aromatic carbocycles. The van der Waals surface area contributed by atoms with Gasteiger partial charge in [-0.25, -0.2) is 18.3 Å². The van der Waals surface area contributed by atoms with E-state index in [9.17, 15) is 8.78 Å². The molecule has 2 aromatic heterocycles. The number of aromatic nitrogens is 3. The van der Waals surface area contributed by atoms with E-state index < -0.39 is 5.92 Å². The lowest BCUT2D eigenvalue weighted by atomic mass is 9.83. The second-order valence-electron chi connectivity index (χ2n) is 5.04. The summed E-state index contributed by atoms with van der Waals surface area (Å²) in [6, 6.07) is 3.65. The monoisotopic (exact) mass is 296 g/mol. The molecule has 1 saturated carbocycles. The largest absolute Gasteiger partial charge is 0.248 e. The molecule has 1 aliphatic rings. The molecule has 0 aliphatic heterocycles. The molecule has 7 heteroatoms. The van der Waals surface area contributed by atoms with Crippen molar-refractivity contribution in [3.63, 3.8) is 0 Å². The highest BCUT2D eigenvalue weighted by molar-refractivity contribution is 6.29. The molecule has 0 saturated heterocycles. The van der Waals surface area contributed by atoms with Gasteiger partial charge in [-0.15, -0.1) is 0 Å². The molecule has 4 nitrogen and oxygen atoms in total. The van der Waals surface area contributed by atoms with Crippen LogP contribution in [0.25, 0.3) is 5.65 Å². The molecule has 0 atom stereocenters. The molecule has 0 radical (unpaired) electrons. The minimum Gasteiger partial charge on any atom is -0.234 e. The zero-order chi connectivity index (χ0) is 14.3. The van der Waals surface area contributed by atoms with Crippen LogP contribution >= 0.6 is 11.6 Å². The summed E-state index contributed by atoms with van der Waals surface area (Å²) in [5.74, 6) is -2.59. The number of hydrogen-bond donors (Lipinski definition) is 0. The highest BCUT2D eigenvalue weighted by Crippen LogP contribution is 2.42. The van der Waals surface area contributed by atoms with Crippen molar-refractivity contribution in [2.75, 3.05) is 0 Å². The second-order valence-corrected chi connectivity index (χ2v) is 5.43. The maximum atomic E-state index is 13.2. The number of halogens is 3. The topological polar surface area (TPSA) is 54.0 Å². The third-order valence-electron chi connectivity index (χ3n) is 3.74. The van der Waals surface area contributed by atoms with Gasteiger partial charge in [0, 0.05) is 18.4 Å². The Labute approximate surface area is 119 Å². The summed E-state index contributed by atoms with van der Waals surface area (Å²) in [5.41, 5.74) is 1.60. The molecule has 20 heavy (non-hydrogen) atoms. The minimum absolute atomic E-state index is 0.0217. The lowest BCUT2D eigenvalue weighted by Gasteiger charge is -2.28. The SMILES string of the molecule is N#Cc1cnc2c(C3CCC(F)(F)CC3)cc(Cl)nn12. The maximum absolute atomic E-state index is 13.2. The van der Waals surface area contributed by atoms with Gasteiger partial charge in [0.2, 0.25) is 5.92 Å². The first-order valence-corrected chi connectivity index (χ1v) is 6.70. The summed E-state index contributed by atoms with van der Waals surface area (Å²) in [6.07, 6.45) is 1.93. The Bertz CT molecular complexity index is 694. The van der Waals surface area contributed by atoms with E-state index in [1.165, 1.54) is 10.7 Å². The van der Waals surface area contributed by atoms with E-state index in [1.807, 2.05) is 6.07 Å². The molecule has 104 valence electrons. The Morgan fingerprint density at radius 3 is 2.75 bits per heavy atom. The van der Waals surface area contributed by atoms with Crippen LogP contribution in [-0.2, 0) is 0 Å². The minimum atomic E-state index is -2.57. The molecule has 0 amide bonds. The summed E-state index contributed by atoms with van der Waals surface area (Å²) in [4.78, 5) is 4.17. The molecule has 1 fully saturated rings. The molecular weight excluding hydrogens is 286 g/mol. The first-order valence-electron chi connectivity index (χ1n) is 6.32. The van der Waals surface area contributed by atoms with Crippen molar-refractivity contribution in [3.8, 4) is 6.07 Å². The maximum Gasteiger partial charge on any atom is 0.248 e. The van der Waals surface area contributed by atoms with Crippen molar-refractivity contribution < 1.29 is 8.78 Å². The summed E-state index contributed by atoms with van der Waals surface area (Å²) >= 11 is 5.97. The number of rotatable bonds is 1. The zero-order valence-electron chi connectivity index (χ0n) is 10.5. The lowest BCUT2D eigenvalue weighted by Crippen LogP contribution is -2.24. The van der Waals surface area contributed by atoms with E-state index >= 15 is 0 Å². The van der Waals surface area contributed by atoms with Gasteiger partial charge < -0.3 is 0 Å². The highest BCUT2D eigenvalue weighted by Gasteiger charge is 2.36. The molecule has 0 bridgehead atoms. The lowest BCUT2D eigenvalue weighted by molar-refractivity contribution is -0.0381. The van der Waals surface area contributed by atoms with Gasteiger partial charge >= 0.3 is 0 Å². The number of alkyl halides is 2. The van der Waals surface area contributed by atoms with Crippen molar-refractivity contribution in [2.45, 2.75) is 37.5 Å². The number of hydrogen-bond acceptors (Lipinski definition) is 3. The van der Waals surface area contributed by atoms with Crippen LogP contribution in [0.2, 0.25) is 5.15 Å². The van der Waals surface area contributed by atoms with E-state index in [4.69, 9.17) is 16.9 Å². The summed E-state index contributed by atoms with van der Waals surface area (Å²) in [7, 11) is 0. The van der Waals surface area contributed by atoms with Crippen LogP contribution in [0.15, 0.2) is 12.3 Å². The Balaban J connectivity index is 2.04. The summed E-state index contributed by atoms with van der Waals surface area (Å²) in [6.45, 7) is 0. The van der Waals surface area contributed by atoms with E-state index in [0.29, 0.717) is 18.5 Å². The molecule has 0 N–H and O–H groups in total. The number of nitrogens with zero attached hydrogens (tertiary/aromatic N) is 4. The van der Waals surface area contributed by atoms with Gasteiger partial charge in [0.25, 0.3) is 0 Å². The predicted molar refractivity (Wildman–Crippen MR) is 68.9 cm³/mol. The van der Waals surface area contributed by atoms with Crippen molar-refractivity contribution in [2.24, 2.45) is 0 Å². The van der Waals surface area contributed by atoms with Gasteiger partial charge in [-0.05, 0) is 24.8 Å². The van der Waals surface area contributed by atoms with Crippen LogP contribution in [0.3, 0.4) is 0 Å². The Morgan fingerprint density at radius 1 is 1.40 bits per heavy atom. The van der Waals surface area contributed by atoms with Gasteiger partial charge in [0.1, 0.15) is 6.07 Å². The fraction of sp³-hybridized carbons (Fsp3) is 0.462. The van der Waals surface area contributed by atoms with Crippen LogP contribution < -0.4 is 0 Å². The second kappa shape index (κ2) is 4.67. The molecule has 2 aromatic rings. The van der Waals surface area contributed by atoms with Crippen molar-refractivity contribution in [3.05, 3.63) is 28.7 Å². The van der Waals surface area contributed by atoms with Gasteiger partial charge in [-0.3, -0.25) is 0 Å². The third-order valence-corrected chi connectivity index (χ3v) is 3.92. The number of fused-ring (bicyclic) bond motifs is 1. The predicted octanol–water partition coefficient (Wildman–Crippen LogP) is 3.55. The summed E-state index contributed by atoms with van der Waals surface area (Å²) < 4.78 is 27.9. The average Bonchev–Trinajstić information content (AvgIpc) is 2.80. The average molecular weight is 297 g/mol. The van der Waals surface area contributed by atoms with Crippen LogP contribution in [0, 0.1) is 11.3 Å². The van der Waals surface area contributed by atoms with Crippen molar-refractivity contribution in [1.29, 1.82) is 5.26 Å². The highest BCUT2D eigenvalue weighted by atomic mass is 35.5. The van der Waals surface area contributed by atoms with Crippen LogP contribution in [0.4, 0.5) is 8.78 Å². The van der Waals surface area contributed by atoms with Crippen LogP contribution in [0.1, 0.15) is 42.9 Å². The fourth-order valence-electron chi connectivity index (χ4n) is 2.69.